The molecule has 0 N–H and O–H groups in total. The Kier molecular flexibility index (Phi) is 6.17. The molecule has 0 aliphatic heterocycles. The van der Waals surface area contributed by atoms with Crippen molar-refractivity contribution in [1.29, 1.82) is 0 Å². The normalized spacial score (nSPS) is 15.1. The van der Waals surface area contributed by atoms with Crippen LogP contribution in [-0.2, 0) is 5.41 Å². The fraction of sp³-hybridized carbons (Fsp3) is 0.0196. The van der Waals surface area contributed by atoms with Crippen LogP contribution in [-0.4, -0.2) is 4.57 Å². The molecule has 2 aliphatic carbocycles. The summed E-state index contributed by atoms with van der Waals surface area (Å²) < 4.78 is 3.77. The predicted octanol–water partition coefficient (Wildman–Crippen LogP) is 13.8. The molecule has 0 saturated carbocycles. The van der Waals surface area contributed by atoms with E-state index in [2.05, 4.69) is 204 Å². The molecule has 0 radical (unpaired) electrons. The maximum atomic E-state index is 2.45. The zero-order chi connectivity index (χ0) is 35.4. The van der Waals surface area contributed by atoms with Crippen LogP contribution >= 0.6 is 11.3 Å². The van der Waals surface area contributed by atoms with Gasteiger partial charge in [-0.1, -0.05) is 127 Å². The van der Waals surface area contributed by atoms with Gasteiger partial charge >= 0.3 is 0 Å². The summed E-state index contributed by atoms with van der Waals surface area (Å²) in [4.78, 5) is 3.75. The van der Waals surface area contributed by atoms with Crippen molar-refractivity contribution in [1.82, 2.24) is 4.57 Å². The third kappa shape index (κ3) is 3.89. The molecule has 3 heteroatoms. The highest BCUT2D eigenvalue weighted by atomic mass is 32.1. The lowest BCUT2D eigenvalue weighted by molar-refractivity contribution is 0.802. The molecule has 0 fully saturated rings. The number of benzene rings is 8. The third-order valence-corrected chi connectivity index (χ3v) is 13.0. The second-order valence-electron chi connectivity index (χ2n) is 14.4. The van der Waals surface area contributed by atoms with Crippen LogP contribution < -0.4 is 4.90 Å². The monoisotopic (exact) mass is 704 g/mol. The molecule has 54 heavy (non-hydrogen) atoms. The summed E-state index contributed by atoms with van der Waals surface area (Å²) in [6.45, 7) is 0. The van der Waals surface area contributed by atoms with E-state index in [1.54, 1.807) is 0 Å². The van der Waals surface area contributed by atoms with Crippen molar-refractivity contribution in [2.45, 2.75) is 5.41 Å². The number of aromatic nitrogens is 1. The lowest BCUT2D eigenvalue weighted by atomic mass is 9.70. The number of rotatable bonds is 4. The molecular formula is C51H32N2S. The van der Waals surface area contributed by atoms with Gasteiger partial charge in [0.2, 0.25) is 0 Å². The van der Waals surface area contributed by atoms with Gasteiger partial charge in [0.1, 0.15) is 0 Å². The van der Waals surface area contributed by atoms with Crippen LogP contribution in [0.4, 0.5) is 17.1 Å². The van der Waals surface area contributed by atoms with E-state index < -0.39 is 5.41 Å². The predicted molar refractivity (Wildman–Crippen MR) is 227 cm³/mol. The first-order valence-corrected chi connectivity index (χ1v) is 19.4. The standard InChI is InChI=1S/C51H32N2S/c1-3-15-33(16-4-1)52(34-17-5-2-6-18-34)35-27-30-45-42(32-35)50-49(40-22-10-14-26-48(40)54-50)51(45)43-23-11-7-19-37(43)41-31-36(28-29-44(41)51)53-46-24-12-8-20-38(46)39-21-9-13-25-47(39)53/h1-32H. The number of nitrogens with zero attached hydrogens (tertiary/aromatic N) is 2. The van der Waals surface area contributed by atoms with E-state index in [0.29, 0.717) is 0 Å². The largest absolute Gasteiger partial charge is 0.310 e. The van der Waals surface area contributed by atoms with Crippen molar-refractivity contribution < 1.29 is 0 Å². The van der Waals surface area contributed by atoms with Crippen LogP contribution in [0.3, 0.4) is 0 Å². The Morgan fingerprint density at radius 3 is 1.69 bits per heavy atom. The van der Waals surface area contributed by atoms with Crippen LogP contribution in [0, 0.1) is 0 Å². The number of fused-ring (bicyclic) bond motifs is 15. The van der Waals surface area contributed by atoms with Crippen molar-refractivity contribution in [2.75, 3.05) is 4.90 Å². The summed E-state index contributed by atoms with van der Waals surface area (Å²) in [6.07, 6.45) is 0. The number of hydrogen-bond acceptors (Lipinski definition) is 2. The second-order valence-corrected chi connectivity index (χ2v) is 15.5. The minimum absolute atomic E-state index is 0.446. The molecular weight excluding hydrogens is 673 g/mol. The summed E-state index contributed by atoms with van der Waals surface area (Å²) in [6, 6.07) is 71.7. The van der Waals surface area contributed by atoms with Crippen LogP contribution in [0.1, 0.15) is 22.3 Å². The summed E-state index contributed by atoms with van der Waals surface area (Å²) >= 11 is 1.93. The van der Waals surface area contributed by atoms with Crippen molar-refractivity contribution >= 4 is 60.3 Å². The first kappa shape index (κ1) is 29.9. The van der Waals surface area contributed by atoms with Crippen LogP contribution in [0.5, 0.6) is 0 Å². The molecule has 252 valence electrons. The number of anilines is 3. The molecule has 2 aromatic heterocycles. The van der Waals surface area contributed by atoms with Gasteiger partial charge < -0.3 is 9.47 Å². The Hall–Kier alpha value is -6.68. The molecule has 2 aliphatic rings. The molecule has 12 rings (SSSR count). The van der Waals surface area contributed by atoms with Crippen molar-refractivity contribution in [3.05, 3.63) is 216 Å². The van der Waals surface area contributed by atoms with E-state index in [9.17, 15) is 0 Å². The molecule has 0 amide bonds. The first-order chi connectivity index (χ1) is 26.8. The van der Waals surface area contributed by atoms with Crippen LogP contribution in [0.25, 0.3) is 59.1 Å². The molecule has 8 aromatic carbocycles. The van der Waals surface area contributed by atoms with E-state index >= 15 is 0 Å². The van der Waals surface area contributed by atoms with E-state index in [0.717, 1.165) is 17.1 Å². The average molecular weight is 705 g/mol. The smallest absolute Gasteiger partial charge is 0.0740 e. The van der Waals surface area contributed by atoms with Gasteiger partial charge in [-0.3, -0.25) is 0 Å². The van der Waals surface area contributed by atoms with E-state index in [1.807, 2.05) is 11.3 Å². The maximum absolute atomic E-state index is 2.45. The number of hydrogen-bond donors (Lipinski definition) is 0. The zero-order valence-corrected chi connectivity index (χ0v) is 30.1. The molecule has 2 heterocycles. The second kappa shape index (κ2) is 11.2. The van der Waals surface area contributed by atoms with E-state index in [-0.39, 0.29) is 0 Å². The highest BCUT2D eigenvalue weighted by Gasteiger charge is 2.53. The molecule has 2 nitrogen and oxygen atoms in total. The minimum atomic E-state index is -0.446. The topological polar surface area (TPSA) is 8.17 Å². The number of thiophene rings is 1. The van der Waals surface area contributed by atoms with Crippen molar-refractivity contribution in [3.63, 3.8) is 0 Å². The van der Waals surface area contributed by atoms with Gasteiger partial charge in [-0.15, -0.1) is 11.3 Å². The van der Waals surface area contributed by atoms with Crippen molar-refractivity contribution in [2.24, 2.45) is 0 Å². The average Bonchev–Trinajstić information content (AvgIpc) is 3.95. The molecule has 0 bridgehead atoms. The SMILES string of the molecule is c1ccc(N(c2ccccc2)c2ccc3c(c2)-c2sc4ccccc4c2C32c3ccccc3-c3cc(-n4c5ccccc5c5ccccc54)ccc32)cc1. The summed E-state index contributed by atoms with van der Waals surface area (Å²) in [5.74, 6) is 0. The van der Waals surface area contributed by atoms with Gasteiger partial charge in [-0.25, -0.2) is 0 Å². The first-order valence-electron chi connectivity index (χ1n) is 18.6. The summed E-state index contributed by atoms with van der Waals surface area (Å²) in [7, 11) is 0. The Morgan fingerprint density at radius 1 is 0.407 bits per heavy atom. The Balaban J connectivity index is 1.14. The summed E-state index contributed by atoms with van der Waals surface area (Å²) in [5, 5.41) is 3.90. The van der Waals surface area contributed by atoms with E-state index in [1.165, 1.54) is 81.4 Å². The Morgan fingerprint density at radius 2 is 0.963 bits per heavy atom. The molecule has 10 aromatic rings. The Labute approximate surface area is 317 Å². The lowest BCUT2D eigenvalue weighted by Gasteiger charge is -2.31. The zero-order valence-electron chi connectivity index (χ0n) is 29.3. The lowest BCUT2D eigenvalue weighted by Crippen LogP contribution is -2.26. The van der Waals surface area contributed by atoms with Gasteiger partial charge in [0.05, 0.1) is 16.4 Å². The quantitative estimate of drug-likeness (QED) is 0.177. The van der Waals surface area contributed by atoms with Gasteiger partial charge in [-0.05, 0) is 111 Å². The van der Waals surface area contributed by atoms with Gasteiger partial charge in [0.25, 0.3) is 0 Å². The molecule has 1 atom stereocenters. The highest BCUT2D eigenvalue weighted by molar-refractivity contribution is 7.22. The van der Waals surface area contributed by atoms with E-state index in [4.69, 9.17) is 0 Å². The number of para-hydroxylation sites is 4. The fourth-order valence-electron chi connectivity index (χ4n) is 9.70. The maximum Gasteiger partial charge on any atom is 0.0740 e. The summed E-state index contributed by atoms with van der Waals surface area (Å²) in [5.41, 5.74) is 16.0. The van der Waals surface area contributed by atoms with Crippen LogP contribution in [0.2, 0.25) is 0 Å². The highest BCUT2D eigenvalue weighted by Crippen LogP contribution is 2.66. The minimum Gasteiger partial charge on any atom is -0.310 e. The Bertz CT molecular complexity index is 3020. The van der Waals surface area contributed by atoms with Gasteiger partial charge in [0.15, 0.2) is 0 Å². The van der Waals surface area contributed by atoms with Gasteiger partial charge in [-0.2, -0.15) is 0 Å². The van der Waals surface area contributed by atoms with Gasteiger partial charge in [0, 0.05) is 43.1 Å². The molecule has 1 spiro atoms. The molecule has 1 unspecified atom stereocenters. The fourth-order valence-corrected chi connectivity index (χ4v) is 11.0. The molecule has 0 saturated heterocycles. The van der Waals surface area contributed by atoms with Crippen molar-refractivity contribution in [3.8, 4) is 27.3 Å². The third-order valence-electron chi connectivity index (χ3n) is 11.8. The van der Waals surface area contributed by atoms with Crippen LogP contribution in [0.15, 0.2) is 194 Å².